The molecule has 0 amide bonds. The fourth-order valence-electron chi connectivity index (χ4n) is 0.860. The molecule has 1 aromatic carbocycles. The summed E-state index contributed by atoms with van der Waals surface area (Å²) in [5.74, 6) is 0. The normalized spacial score (nSPS) is 9.00. The molecule has 56 valence electrons. The van der Waals surface area contributed by atoms with Gasteiger partial charge in [0, 0.05) is 0 Å². The van der Waals surface area contributed by atoms with Gasteiger partial charge in [-0.1, -0.05) is 18.2 Å². The minimum atomic E-state index is 0. The summed E-state index contributed by atoms with van der Waals surface area (Å²) in [5.41, 5.74) is 0.970. The average Bonchev–Trinajstić information content (AvgIpc) is 2.58. The number of rotatable bonds is 1. The van der Waals surface area contributed by atoms with Crippen LogP contribution in [-0.4, -0.2) is 49.8 Å². The maximum absolute atomic E-state index is 3.74. The van der Waals surface area contributed by atoms with Gasteiger partial charge in [-0.05, 0) is 22.6 Å². The van der Waals surface area contributed by atoms with Crippen LogP contribution in [0.5, 0.6) is 0 Å². The van der Waals surface area contributed by atoms with E-state index in [0.29, 0.717) is 0 Å². The summed E-state index contributed by atoms with van der Waals surface area (Å²) < 4.78 is 1.61. The Bertz CT molecular complexity index is 318. The van der Waals surface area contributed by atoms with Crippen LogP contribution in [0.25, 0.3) is 5.69 Å². The first-order valence-electron chi connectivity index (χ1n) is 3.25. The topological polar surface area (TPSA) is 43.6 Å². The molecular weight excluding hydrogens is 163 g/mol. The maximum atomic E-state index is 3.74. The third-order valence-electron chi connectivity index (χ3n) is 1.37. The molecule has 0 spiro atoms. The van der Waals surface area contributed by atoms with E-state index < -0.39 is 0 Å². The summed E-state index contributed by atoms with van der Waals surface area (Å²) in [7, 11) is 0. The molecular formula is C7H7N4Na. The molecule has 4 nitrogen and oxygen atoms in total. The van der Waals surface area contributed by atoms with Crippen LogP contribution in [0.3, 0.4) is 0 Å². The van der Waals surface area contributed by atoms with Crippen LogP contribution in [-0.2, 0) is 0 Å². The fraction of sp³-hybridized carbons (Fsp3) is 0. The number of tetrazole rings is 1. The monoisotopic (exact) mass is 170 g/mol. The third-order valence-corrected chi connectivity index (χ3v) is 1.37. The van der Waals surface area contributed by atoms with Crippen LogP contribution in [0.4, 0.5) is 0 Å². The molecule has 0 atom stereocenters. The predicted octanol–water partition coefficient (Wildman–Crippen LogP) is 0.0138. The zero-order valence-corrected chi connectivity index (χ0v) is 5.75. The van der Waals surface area contributed by atoms with Gasteiger partial charge in [0.15, 0.2) is 0 Å². The molecule has 0 unspecified atom stereocenters. The van der Waals surface area contributed by atoms with Crippen molar-refractivity contribution < 1.29 is 0 Å². The number of hydrogen-bond acceptors (Lipinski definition) is 3. The molecule has 0 saturated heterocycles. The Morgan fingerprint density at radius 2 is 1.83 bits per heavy atom. The Hall–Kier alpha value is -0.710. The number of nitrogens with zero attached hydrogens (tertiary/aromatic N) is 4. The fourth-order valence-corrected chi connectivity index (χ4v) is 0.860. The molecule has 0 aliphatic rings. The molecule has 0 saturated carbocycles. The Morgan fingerprint density at radius 1 is 1.08 bits per heavy atom. The van der Waals surface area contributed by atoms with Gasteiger partial charge < -0.3 is 0 Å². The van der Waals surface area contributed by atoms with Gasteiger partial charge >= 0.3 is 29.6 Å². The minimum absolute atomic E-state index is 0. The van der Waals surface area contributed by atoms with Crippen LogP contribution < -0.4 is 0 Å². The van der Waals surface area contributed by atoms with Crippen LogP contribution in [0.1, 0.15) is 0 Å². The molecule has 0 fully saturated rings. The Labute approximate surface area is 91.9 Å². The molecule has 2 aromatic rings. The number of aromatic nitrogens is 4. The Morgan fingerprint density at radius 3 is 2.42 bits per heavy atom. The quantitative estimate of drug-likeness (QED) is 0.566. The van der Waals surface area contributed by atoms with E-state index >= 15 is 0 Å². The molecule has 0 radical (unpaired) electrons. The number of para-hydroxylation sites is 1. The zero-order valence-electron chi connectivity index (χ0n) is 5.75. The van der Waals surface area contributed by atoms with E-state index in [2.05, 4.69) is 15.5 Å². The van der Waals surface area contributed by atoms with Gasteiger partial charge in [-0.2, -0.15) is 0 Å². The molecule has 1 aromatic heterocycles. The summed E-state index contributed by atoms with van der Waals surface area (Å²) in [6.07, 6.45) is 1.56. The average molecular weight is 170 g/mol. The van der Waals surface area contributed by atoms with Gasteiger partial charge in [0.2, 0.25) is 0 Å². The van der Waals surface area contributed by atoms with Crippen LogP contribution in [0.2, 0.25) is 0 Å². The van der Waals surface area contributed by atoms with Crippen LogP contribution in [0, 0.1) is 0 Å². The van der Waals surface area contributed by atoms with Crippen molar-refractivity contribution in [2.24, 2.45) is 0 Å². The third kappa shape index (κ3) is 1.91. The van der Waals surface area contributed by atoms with Crippen molar-refractivity contribution in [1.82, 2.24) is 20.2 Å². The van der Waals surface area contributed by atoms with Gasteiger partial charge in [-0.3, -0.25) is 0 Å². The Kier molecular flexibility index (Phi) is 3.40. The first kappa shape index (κ1) is 9.38. The van der Waals surface area contributed by atoms with Crippen molar-refractivity contribution in [1.29, 1.82) is 0 Å². The summed E-state index contributed by atoms with van der Waals surface area (Å²) >= 11 is 0. The van der Waals surface area contributed by atoms with E-state index in [9.17, 15) is 0 Å². The smallest absolute Gasteiger partial charge is 0.143 e. The van der Waals surface area contributed by atoms with Crippen molar-refractivity contribution in [3.05, 3.63) is 36.7 Å². The molecule has 2 rings (SSSR count). The maximum Gasteiger partial charge on any atom is 0.143 e. The number of hydrogen-bond donors (Lipinski definition) is 0. The first-order chi connectivity index (χ1) is 5.47. The van der Waals surface area contributed by atoms with Crippen molar-refractivity contribution >= 4 is 29.6 Å². The van der Waals surface area contributed by atoms with Gasteiger partial charge in [-0.15, -0.1) is 5.10 Å². The molecule has 0 aliphatic heterocycles. The molecule has 0 bridgehead atoms. The van der Waals surface area contributed by atoms with E-state index in [4.69, 9.17) is 0 Å². The van der Waals surface area contributed by atoms with Gasteiger partial charge in [-0.25, -0.2) is 4.68 Å². The number of benzene rings is 1. The van der Waals surface area contributed by atoms with E-state index in [1.807, 2.05) is 30.3 Å². The zero-order chi connectivity index (χ0) is 7.52. The molecule has 0 aliphatic carbocycles. The molecule has 0 N–H and O–H groups in total. The van der Waals surface area contributed by atoms with Gasteiger partial charge in [0.05, 0.1) is 5.69 Å². The standard InChI is InChI=1S/C7H6N4.Na.H/c1-2-4-7(5-3-1)11-6-8-9-10-11;;/h1-6H;;. The second kappa shape index (κ2) is 4.35. The van der Waals surface area contributed by atoms with Crippen molar-refractivity contribution in [2.75, 3.05) is 0 Å². The second-order valence-corrected chi connectivity index (χ2v) is 2.09. The SMILES string of the molecule is [NaH].c1ccc(-n2cnnn2)cc1. The summed E-state index contributed by atoms with van der Waals surface area (Å²) in [6, 6.07) is 9.72. The van der Waals surface area contributed by atoms with Crippen molar-refractivity contribution in [3.8, 4) is 5.69 Å². The Balaban J connectivity index is 0.000000720. The summed E-state index contributed by atoms with van der Waals surface area (Å²) in [4.78, 5) is 0. The molecule has 12 heavy (non-hydrogen) atoms. The summed E-state index contributed by atoms with van der Waals surface area (Å²) in [5, 5.41) is 10.8. The van der Waals surface area contributed by atoms with Gasteiger partial charge in [0.1, 0.15) is 6.33 Å². The largest absolute Gasteiger partial charge is 0.201 e. The summed E-state index contributed by atoms with van der Waals surface area (Å²) in [6.45, 7) is 0. The van der Waals surface area contributed by atoms with Crippen LogP contribution >= 0.6 is 0 Å². The van der Waals surface area contributed by atoms with Crippen molar-refractivity contribution in [3.63, 3.8) is 0 Å². The molecule has 1 heterocycles. The van der Waals surface area contributed by atoms with Crippen LogP contribution in [0.15, 0.2) is 36.7 Å². The van der Waals surface area contributed by atoms with E-state index in [1.165, 1.54) is 0 Å². The van der Waals surface area contributed by atoms with Gasteiger partial charge in [0.25, 0.3) is 0 Å². The van der Waals surface area contributed by atoms with E-state index in [-0.39, 0.29) is 29.6 Å². The molecule has 5 heteroatoms. The van der Waals surface area contributed by atoms with E-state index in [1.54, 1.807) is 11.0 Å². The predicted molar refractivity (Wildman–Crippen MR) is 46.3 cm³/mol. The van der Waals surface area contributed by atoms with Crippen molar-refractivity contribution in [2.45, 2.75) is 0 Å². The van der Waals surface area contributed by atoms with E-state index in [0.717, 1.165) is 5.69 Å². The first-order valence-corrected chi connectivity index (χ1v) is 3.25. The second-order valence-electron chi connectivity index (χ2n) is 2.09. The minimum Gasteiger partial charge on any atom is -0.201 e.